The SMILES string of the molecule is Cn1cc(S(=O)(=O)N2CC[C@@]3(C2)C2=C(N=NC2)NC2=C3C(=O)CC(C)(C)C2)cn1. The molecule has 0 aromatic carbocycles. The first-order valence-electron chi connectivity index (χ1n) is 9.76. The van der Waals surface area contributed by atoms with Crippen molar-refractivity contribution in [3.63, 3.8) is 0 Å². The number of rotatable bonds is 2. The van der Waals surface area contributed by atoms with Gasteiger partial charge in [0.15, 0.2) is 11.6 Å². The van der Waals surface area contributed by atoms with E-state index in [9.17, 15) is 13.2 Å². The smallest absolute Gasteiger partial charge is 0.246 e. The number of allylic oxidation sites excluding steroid dienone is 1. The van der Waals surface area contributed by atoms with Crippen LogP contribution in [0.15, 0.2) is 50.2 Å². The molecule has 0 unspecified atom stereocenters. The van der Waals surface area contributed by atoms with Crippen LogP contribution in [0, 0.1) is 10.8 Å². The molecule has 9 nitrogen and oxygen atoms in total. The van der Waals surface area contributed by atoms with E-state index in [1.54, 1.807) is 7.05 Å². The van der Waals surface area contributed by atoms with Gasteiger partial charge in [-0.25, -0.2) is 8.42 Å². The number of hydrogen-bond donors (Lipinski definition) is 1. The summed E-state index contributed by atoms with van der Waals surface area (Å²) in [5, 5.41) is 15.8. The van der Waals surface area contributed by atoms with Crippen LogP contribution in [-0.2, 0) is 21.9 Å². The predicted octanol–water partition coefficient (Wildman–Crippen LogP) is 1.72. The Bertz CT molecular complexity index is 1130. The molecule has 29 heavy (non-hydrogen) atoms. The molecule has 1 saturated heterocycles. The Morgan fingerprint density at radius 2 is 2.03 bits per heavy atom. The number of carbonyl (C=O) groups is 1. The molecule has 1 spiro atoms. The fourth-order valence-corrected chi connectivity index (χ4v) is 6.66. The van der Waals surface area contributed by atoms with Crippen molar-refractivity contribution in [1.82, 2.24) is 19.4 Å². The van der Waals surface area contributed by atoms with Crippen LogP contribution < -0.4 is 5.32 Å². The average Bonchev–Trinajstić information content (AvgIpc) is 3.33. The Hall–Kier alpha value is -2.33. The van der Waals surface area contributed by atoms with Gasteiger partial charge in [0.2, 0.25) is 10.0 Å². The van der Waals surface area contributed by atoms with Crippen molar-refractivity contribution in [1.29, 1.82) is 0 Å². The Labute approximate surface area is 169 Å². The van der Waals surface area contributed by atoms with Gasteiger partial charge in [0.1, 0.15) is 4.90 Å². The molecule has 1 aliphatic carbocycles. The van der Waals surface area contributed by atoms with E-state index >= 15 is 0 Å². The number of aryl methyl sites for hydroxylation is 1. The zero-order valence-corrected chi connectivity index (χ0v) is 17.6. The minimum Gasteiger partial charge on any atom is -0.342 e. The molecule has 154 valence electrons. The average molecular weight is 417 g/mol. The first kappa shape index (κ1) is 18.7. The van der Waals surface area contributed by atoms with E-state index in [2.05, 4.69) is 34.5 Å². The third-order valence-electron chi connectivity index (χ3n) is 6.44. The molecule has 3 aliphatic heterocycles. The van der Waals surface area contributed by atoms with E-state index in [4.69, 9.17) is 0 Å². The maximum Gasteiger partial charge on any atom is 0.246 e. The Morgan fingerprint density at radius 1 is 1.24 bits per heavy atom. The number of carbonyl (C=O) groups excluding carboxylic acids is 1. The lowest BCUT2D eigenvalue weighted by Gasteiger charge is -2.43. The monoisotopic (exact) mass is 416 g/mol. The van der Waals surface area contributed by atoms with Crippen LogP contribution in [-0.4, -0.2) is 47.9 Å². The minimum atomic E-state index is -3.69. The highest BCUT2D eigenvalue weighted by molar-refractivity contribution is 7.89. The molecule has 4 aliphatic rings. The highest BCUT2D eigenvalue weighted by Crippen LogP contribution is 2.54. The molecule has 1 fully saturated rings. The fraction of sp³-hybridized carbons (Fsp3) is 0.579. The van der Waals surface area contributed by atoms with Gasteiger partial charge >= 0.3 is 0 Å². The number of nitrogens with one attached hydrogen (secondary N) is 1. The van der Waals surface area contributed by atoms with Crippen molar-refractivity contribution in [3.05, 3.63) is 35.1 Å². The van der Waals surface area contributed by atoms with Crippen LogP contribution in [0.5, 0.6) is 0 Å². The zero-order valence-electron chi connectivity index (χ0n) is 16.8. The van der Waals surface area contributed by atoms with E-state index in [0.717, 1.165) is 23.3 Å². The van der Waals surface area contributed by atoms with Crippen LogP contribution >= 0.6 is 0 Å². The lowest BCUT2D eigenvalue weighted by molar-refractivity contribution is -0.119. The normalized spacial score (nSPS) is 28.9. The molecular formula is C19H24N6O3S. The molecule has 0 radical (unpaired) electrons. The van der Waals surface area contributed by atoms with E-state index in [1.807, 2.05) is 0 Å². The fourth-order valence-electron chi connectivity index (χ4n) is 5.18. The van der Waals surface area contributed by atoms with Crippen LogP contribution in [0.1, 0.15) is 33.1 Å². The van der Waals surface area contributed by atoms with E-state index in [-0.39, 0.29) is 22.6 Å². The van der Waals surface area contributed by atoms with Crippen molar-refractivity contribution in [2.24, 2.45) is 28.1 Å². The van der Waals surface area contributed by atoms with Crippen LogP contribution in [0.25, 0.3) is 0 Å². The second-order valence-electron chi connectivity index (χ2n) is 9.17. The third-order valence-corrected chi connectivity index (χ3v) is 8.24. The molecule has 1 N–H and O–H groups in total. The van der Waals surface area contributed by atoms with Gasteiger partial charge in [0, 0.05) is 55.0 Å². The zero-order chi connectivity index (χ0) is 20.6. The van der Waals surface area contributed by atoms with E-state index in [0.29, 0.717) is 31.8 Å². The number of sulfonamides is 1. The Morgan fingerprint density at radius 3 is 2.76 bits per heavy atom. The first-order chi connectivity index (χ1) is 13.6. The van der Waals surface area contributed by atoms with Gasteiger partial charge < -0.3 is 5.32 Å². The summed E-state index contributed by atoms with van der Waals surface area (Å²) in [6.45, 7) is 5.15. The van der Waals surface area contributed by atoms with Crippen molar-refractivity contribution in [2.75, 3.05) is 19.6 Å². The number of nitrogens with zero attached hydrogens (tertiary/aromatic N) is 5. The molecule has 1 aromatic heterocycles. The summed E-state index contributed by atoms with van der Waals surface area (Å²) in [4.78, 5) is 13.4. The van der Waals surface area contributed by atoms with Crippen molar-refractivity contribution < 1.29 is 13.2 Å². The van der Waals surface area contributed by atoms with Crippen LogP contribution in [0.2, 0.25) is 0 Å². The number of ketones is 1. The van der Waals surface area contributed by atoms with Crippen LogP contribution in [0.3, 0.4) is 0 Å². The highest BCUT2D eigenvalue weighted by Gasteiger charge is 2.55. The third kappa shape index (κ3) is 2.65. The molecule has 1 atom stereocenters. The molecule has 0 amide bonds. The van der Waals surface area contributed by atoms with Gasteiger partial charge in [-0.2, -0.15) is 14.5 Å². The first-order valence-corrected chi connectivity index (χ1v) is 11.2. The van der Waals surface area contributed by atoms with Gasteiger partial charge in [0.05, 0.1) is 12.7 Å². The Kier molecular flexibility index (Phi) is 3.77. The minimum absolute atomic E-state index is 0.0998. The molecule has 5 rings (SSSR count). The molecular weight excluding hydrogens is 392 g/mol. The topological polar surface area (TPSA) is 109 Å². The summed E-state index contributed by atoms with van der Waals surface area (Å²) in [6, 6.07) is 0. The predicted molar refractivity (Wildman–Crippen MR) is 104 cm³/mol. The van der Waals surface area contributed by atoms with Gasteiger partial charge in [-0.05, 0) is 18.3 Å². The summed E-state index contributed by atoms with van der Waals surface area (Å²) in [6.07, 6.45) is 4.63. The number of dihydropyridines is 1. The number of aromatic nitrogens is 2. The number of azo groups is 1. The lowest BCUT2D eigenvalue weighted by atomic mass is 9.63. The van der Waals surface area contributed by atoms with Crippen molar-refractivity contribution in [2.45, 2.75) is 38.0 Å². The van der Waals surface area contributed by atoms with Crippen molar-refractivity contribution in [3.8, 4) is 0 Å². The van der Waals surface area contributed by atoms with Crippen LogP contribution in [0.4, 0.5) is 0 Å². The maximum atomic E-state index is 13.3. The summed E-state index contributed by atoms with van der Waals surface area (Å²) in [5.41, 5.74) is 1.77. The summed E-state index contributed by atoms with van der Waals surface area (Å²) < 4.78 is 29.4. The van der Waals surface area contributed by atoms with E-state index in [1.165, 1.54) is 21.4 Å². The molecule has 0 bridgehead atoms. The summed E-state index contributed by atoms with van der Waals surface area (Å²) in [7, 11) is -2.00. The molecule has 1 aromatic rings. The standard InChI is InChI=1S/C19H24N6O3S/c1-18(2)6-14-16(15(26)7-18)19(13-9-20-23-17(13)22-14)4-5-25(11-19)29(27,28)12-8-21-24(3)10-12/h8,10,22H,4-7,9,11H2,1-3H3/t19-/m1/s1. The van der Waals surface area contributed by atoms with E-state index < -0.39 is 15.4 Å². The summed E-state index contributed by atoms with van der Waals surface area (Å²) >= 11 is 0. The number of hydrogen-bond acceptors (Lipinski definition) is 7. The summed E-state index contributed by atoms with van der Waals surface area (Å²) in [5.74, 6) is 0.790. The van der Waals surface area contributed by atoms with Crippen molar-refractivity contribution >= 4 is 15.8 Å². The second kappa shape index (κ2) is 5.85. The van der Waals surface area contributed by atoms with Gasteiger partial charge in [-0.15, -0.1) is 5.11 Å². The number of Topliss-reactive ketones (excluding diaryl/α,β-unsaturated/α-hetero) is 1. The number of fused-ring (bicyclic) bond motifs is 2. The second-order valence-corrected chi connectivity index (χ2v) is 11.1. The molecule has 0 saturated carbocycles. The lowest BCUT2D eigenvalue weighted by Crippen LogP contribution is -2.45. The highest BCUT2D eigenvalue weighted by atomic mass is 32.2. The maximum absolute atomic E-state index is 13.3. The molecule has 10 heteroatoms. The van der Waals surface area contributed by atoms with Gasteiger partial charge in [-0.3, -0.25) is 9.48 Å². The van der Waals surface area contributed by atoms with Gasteiger partial charge in [-0.1, -0.05) is 13.8 Å². The molecule has 4 heterocycles. The quantitative estimate of drug-likeness (QED) is 0.790. The Balaban J connectivity index is 1.59. The van der Waals surface area contributed by atoms with Gasteiger partial charge in [0.25, 0.3) is 0 Å². The largest absolute Gasteiger partial charge is 0.342 e.